The number of hydrogen-bond acceptors (Lipinski definition) is 6. The summed E-state index contributed by atoms with van der Waals surface area (Å²) in [6.07, 6.45) is 2.78. The number of ether oxygens (including phenoxy) is 1. The summed E-state index contributed by atoms with van der Waals surface area (Å²) in [5.74, 6) is -0.884. The lowest BCUT2D eigenvalue weighted by Gasteiger charge is -2.21. The molecule has 2 aromatic heterocycles. The SMILES string of the molecule is C.CCNCC.Cc1c2c(nn1C)CN(C1CC1)S(=O)(=O)CCCn1c(C(=O)O)c(CCCOc3cccc4cc(F)ccc34)c3ccc(Cl)c-2c31. The lowest BCUT2D eigenvalue weighted by Crippen LogP contribution is -2.35. The number of aromatic carboxylic acids is 1. The lowest BCUT2D eigenvalue weighted by atomic mass is 9.98. The maximum Gasteiger partial charge on any atom is 0.352 e. The van der Waals surface area contributed by atoms with E-state index in [0.29, 0.717) is 52.6 Å². The summed E-state index contributed by atoms with van der Waals surface area (Å²) in [7, 11) is -1.81. The minimum atomic E-state index is -3.62. The molecule has 2 aliphatic rings. The number of benzene rings is 3. The first kappa shape index (κ1) is 39.2. The van der Waals surface area contributed by atoms with Crippen LogP contribution in [-0.2, 0) is 36.6 Å². The fourth-order valence-corrected chi connectivity index (χ4v) is 9.04. The third-order valence-electron chi connectivity index (χ3n) is 9.67. The highest BCUT2D eigenvalue weighted by Crippen LogP contribution is 2.44. The highest BCUT2D eigenvalue weighted by atomic mass is 35.5. The molecule has 1 saturated carbocycles. The number of halogens is 2. The van der Waals surface area contributed by atoms with E-state index in [1.165, 1.54) is 12.1 Å². The quantitative estimate of drug-likeness (QED) is 0.147. The predicted octanol–water partition coefficient (Wildman–Crippen LogP) is 7.96. The fraction of sp³-hybridized carbons (Fsp3) is 0.436. The summed E-state index contributed by atoms with van der Waals surface area (Å²) in [6.45, 7) is 8.95. The molecule has 13 heteroatoms. The van der Waals surface area contributed by atoms with Gasteiger partial charge in [-0.15, -0.1) is 0 Å². The number of hydrogen-bond donors (Lipinski definition) is 2. The molecule has 1 fully saturated rings. The zero-order chi connectivity index (χ0) is 36.4. The number of aromatic nitrogens is 3. The van der Waals surface area contributed by atoms with Crippen LogP contribution in [0.15, 0.2) is 48.5 Å². The maximum atomic E-state index is 13.8. The van der Waals surface area contributed by atoms with E-state index in [4.69, 9.17) is 21.4 Å². The molecule has 1 aliphatic carbocycles. The van der Waals surface area contributed by atoms with Crippen molar-refractivity contribution in [2.24, 2.45) is 7.05 Å². The van der Waals surface area contributed by atoms with Crippen LogP contribution in [0.2, 0.25) is 5.02 Å². The smallest absolute Gasteiger partial charge is 0.352 e. The maximum absolute atomic E-state index is 13.8. The normalized spacial score (nSPS) is 15.7. The van der Waals surface area contributed by atoms with Gasteiger partial charge in [-0.25, -0.2) is 17.6 Å². The standard InChI is InChI=1S/C34H34ClFN4O5S.C4H11N.CH4/c1-20-30-28(37-38(20)2)19-40(23-10-11-23)46(43,44)17-5-15-39-32-26(13-14-27(35)31(30)32)25(33(39)34(41)42)7-4-16-45-29-8-3-6-21-18-22(36)9-12-24(21)29;1-3-5-4-2;/h3,6,8-9,12-14,18,23H,4-5,7,10-11,15-17,19H2,1-2H3,(H,41,42);5H,3-4H2,1-2H3;1H4. The van der Waals surface area contributed by atoms with Crippen molar-refractivity contribution in [3.05, 3.63) is 82.0 Å². The van der Waals surface area contributed by atoms with Crippen LogP contribution in [0.25, 0.3) is 32.8 Å². The summed E-state index contributed by atoms with van der Waals surface area (Å²) in [5.41, 5.74) is 4.25. The Kier molecular flexibility index (Phi) is 12.4. The van der Waals surface area contributed by atoms with Gasteiger partial charge in [-0.05, 0) is 93.4 Å². The molecule has 5 aromatic rings. The first-order valence-electron chi connectivity index (χ1n) is 17.6. The molecule has 3 heterocycles. The molecule has 1 aliphatic heterocycles. The van der Waals surface area contributed by atoms with Crippen molar-refractivity contribution < 1.29 is 27.4 Å². The second-order valence-corrected chi connectivity index (χ2v) is 15.6. The van der Waals surface area contributed by atoms with Crippen LogP contribution < -0.4 is 10.1 Å². The van der Waals surface area contributed by atoms with Gasteiger partial charge in [0.15, 0.2) is 0 Å². The predicted molar refractivity (Wildman–Crippen MR) is 206 cm³/mol. The Labute approximate surface area is 310 Å². The molecule has 0 saturated heterocycles. The first-order valence-corrected chi connectivity index (χ1v) is 19.6. The number of carbonyl (C=O) groups is 1. The molecule has 0 spiro atoms. The zero-order valence-corrected chi connectivity index (χ0v) is 31.1. The zero-order valence-electron chi connectivity index (χ0n) is 29.5. The molecule has 0 radical (unpaired) electrons. The Morgan fingerprint density at radius 1 is 1.10 bits per heavy atom. The van der Waals surface area contributed by atoms with E-state index in [1.807, 2.05) is 38.2 Å². The van der Waals surface area contributed by atoms with Gasteiger partial charge in [-0.2, -0.15) is 9.40 Å². The van der Waals surface area contributed by atoms with Gasteiger partial charge in [0.2, 0.25) is 10.0 Å². The van der Waals surface area contributed by atoms with Crippen molar-refractivity contribution in [3.63, 3.8) is 0 Å². The van der Waals surface area contributed by atoms with E-state index >= 15 is 0 Å². The number of sulfonamides is 1. The highest BCUT2D eigenvalue weighted by Gasteiger charge is 2.39. The molecule has 7 rings (SSSR count). The minimum Gasteiger partial charge on any atom is -0.493 e. The summed E-state index contributed by atoms with van der Waals surface area (Å²) in [6, 6.07) is 13.6. The molecule has 0 unspecified atom stereocenters. The molecule has 10 nitrogen and oxygen atoms in total. The summed E-state index contributed by atoms with van der Waals surface area (Å²) in [4.78, 5) is 13.0. The molecule has 0 bridgehead atoms. The van der Waals surface area contributed by atoms with E-state index < -0.39 is 16.0 Å². The van der Waals surface area contributed by atoms with Crippen LogP contribution >= 0.6 is 11.6 Å². The van der Waals surface area contributed by atoms with Crippen LogP contribution in [0.5, 0.6) is 5.75 Å². The van der Waals surface area contributed by atoms with Crippen molar-refractivity contribution >= 4 is 49.3 Å². The second kappa shape index (κ2) is 16.4. The van der Waals surface area contributed by atoms with Gasteiger partial charge in [0, 0.05) is 47.2 Å². The number of nitrogens with zero attached hydrogens (tertiary/aromatic N) is 4. The van der Waals surface area contributed by atoms with Gasteiger partial charge in [-0.3, -0.25) is 4.68 Å². The number of nitrogens with one attached hydrogen (secondary N) is 1. The topological polar surface area (TPSA) is 119 Å². The molecular weight excluding hydrogens is 705 g/mol. The molecule has 2 N–H and O–H groups in total. The molecule has 0 amide bonds. The van der Waals surface area contributed by atoms with E-state index in [-0.39, 0.29) is 50.2 Å². The molecular formula is C39H49ClFN5O5S. The Hall–Kier alpha value is -3.97. The van der Waals surface area contributed by atoms with E-state index in [2.05, 4.69) is 19.2 Å². The van der Waals surface area contributed by atoms with Crippen molar-refractivity contribution in [2.75, 3.05) is 25.4 Å². The van der Waals surface area contributed by atoms with E-state index in [9.17, 15) is 22.7 Å². The summed E-state index contributed by atoms with van der Waals surface area (Å²) in [5, 5.41) is 21.2. The highest BCUT2D eigenvalue weighted by molar-refractivity contribution is 7.89. The van der Waals surface area contributed by atoms with Gasteiger partial charge in [-0.1, -0.05) is 51.1 Å². The van der Waals surface area contributed by atoms with E-state index in [0.717, 1.165) is 53.3 Å². The van der Waals surface area contributed by atoms with Crippen LogP contribution in [0, 0.1) is 12.7 Å². The summed E-state index contributed by atoms with van der Waals surface area (Å²) >= 11 is 6.97. The minimum absolute atomic E-state index is 0. The number of carboxylic acid groups (broad SMARTS) is 1. The third-order valence-corrected chi connectivity index (χ3v) is 11.9. The Balaban J connectivity index is 0.000000817. The number of rotatable bonds is 9. The van der Waals surface area contributed by atoms with Gasteiger partial charge in [0.25, 0.3) is 0 Å². The van der Waals surface area contributed by atoms with E-state index in [1.54, 1.807) is 25.7 Å². The van der Waals surface area contributed by atoms with Crippen LogP contribution in [0.3, 0.4) is 0 Å². The van der Waals surface area contributed by atoms with Crippen molar-refractivity contribution in [1.82, 2.24) is 24.0 Å². The number of aryl methyl sites for hydroxylation is 3. The third kappa shape index (κ3) is 7.85. The lowest BCUT2D eigenvalue weighted by molar-refractivity contribution is 0.0684. The van der Waals surface area contributed by atoms with Gasteiger partial charge >= 0.3 is 5.97 Å². The average Bonchev–Trinajstić information content (AvgIpc) is 3.82. The fourth-order valence-electron chi connectivity index (χ4n) is 7.08. The van der Waals surface area contributed by atoms with Crippen LogP contribution in [-0.4, -0.2) is 69.6 Å². The number of fused-ring (bicyclic) bond motifs is 3. The Morgan fingerprint density at radius 2 is 1.83 bits per heavy atom. The monoisotopic (exact) mass is 753 g/mol. The van der Waals surface area contributed by atoms with Crippen molar-refractivity contribution in [3.8, 4) is 16.9 Å². The molecule has 0 atom stereocenters. The Morgan fingerprint density at radius 3 is 2.50 bits per heavy atom. The van der Waals surface area contributed by atoms with Crippen molar-refractivity contribution in [2.45, 2.75) is 79.4 Å². The summed E-state index contributed by atoms with van der Waals surface area (Å²) < 4.78 is 52.2. The van der Waals surface area contributed by atoms with Crippen molar-refractivity contribution in [1.29, 1.82) is 0 Å². The second-order valence-electron chi connectivity index (χ2n) is 13.1. The first-order chi connectivity index (χ1) is 24.5. The van der Waals surface area contributed by atoms with Crippen LogP contribution in [0.1, 0.15) is 74.4 Å². The van der Waals surface area contributed by atoms with Gasteiger partial charge in [0.1, 0.15) is 17.3 Å². The van der Waals surface area contributed by atoms with Gasteiger partial charge in [0.05, 0.1) is 35.1 Å². The van der Waals surface area contributed by atoms with Gasteiger partial charge < -0.3 is 19.7 Å². The van der Waals surface area contributed by atoms with Crippen LogP contribution in [0.4, 0.5) is 4.39 Å². The molecule has 280 valence electrons. The molecule has 3 aromatic carbocycles. The largest absolute Gasteiger partial charge is 0.493 e. The average molecular weight is 754 g/mol. The molecule has 52 heavy (non-hydrogen) atoms. The number of carboxylic acids is 1. The Bertz CT molecular complexity index is 2190.